The van der Waals surface area contributed by atoms with Crippen LogP contribution in [0.1, 0.15) is 52.7 Å². The van der Waals surface area contributed by atoms with Gasteiger partial charge < -0.3 is 24.8 Å². The zero-order valence-electron chi connectivity index (χ0n) is 12.0. The molecule has 1 nitrogen and oxygen atoms in total. The summed E-state index contributed by atoms with van der Waals surface area (Å²) in [6.45, 7) is 13.3. The van der Waals surface area contributed by atoms with Crippen LogP contribution in [0.5, 0.6) is 5.75 Å². The first-order valence-electron chi connectivity index (χ1n) is 5.68. The van der Waals surface area contributed by atoms with Crippen LogP contribution >= 0.6 is 0 Å². The molecule has 0 atom stereocenters. The molecule has 0 amide bonds. The van der Waals surface area contributed by atoms with Crippen molar-refractivity contribution in [1.82, 2.24) is 0 Å². The molecule has 0 radical (unpaired) electrons. The van der Waals surface area contributed by atoms with E-state index in [9.17, 15) is 0 Å². The minimum Gasteiger partial charge on any atom is -1.00 e. The quantitative estimate of drug-likeness (QED) is 0.533. The fraction of sp³-hybridized carbons (Fsp3) is 0.571. The topological polar surface area (TPSA) is 9.23 Å². The van der Waals surface area contributed by atoms with Crippen molar-refractivity contribution in [2.24, 2.45) is 0 Å². The van der Waals surface area contributed by atoms with Gasteiger partial charge in [0.15, 0.2) is 0 Å². The second kappa shape index (κ2) is 7.06. The molecule has 0 aromatic heterocycles. The molecule has 1 aromatic rings. The van der Waals surface area contributed by atoms with Gasteiger partial charge in [-0.05, 0) is 0 Å². The smallest absolute Gasteiger partial charge is 1.00 e. The zero-order valence-corrected chi connectivity index (χ0v) is 14.6. The van der Waals surface area contributed by atoms with Gasteiger partial charge in [0, 0.05) is 0 Å². The summed E-state index contributed by atoms with van der Waals surface area (Å²) >= 11 is 2.38. The molecule has 0 aliphatic carbocycles. The number of para-hydroxylation sites is 1. The number of hydrogen-bond acceptors (Lipinski definition) is 1. The van der Waals surface area contributed by atoms with Gasteiger partial charge in [-0.2, -0.15) is 0 Å². The molecule has 0 spiro atoms. The third-order valence-electron chi connectivity index (χ3n) is 2.75. The van der Waals surface area contributed by atoms with E-state index < -0.39 is 0 Å². The summed E-state index contributed by atoms with van der Waals surface area (Å²) in [7, 11) is 0. The number of hydrogen-bond donors (Lipinski definition) is 0. The standard InChI is InChI=1S/C14H22O.Al.2ClH/c1-13(2,3)10-8-7-9-11(12(10)15)14(4,5)6;;;/h7-9,15H,1-6H3;;2*1H/q;+3;;/p-3. The molecule has 0 aliphatic rings. The molecule has 0 heterocycles. The molecule has 0 bridgehead atoms. The summed E-state index contributed by atoms with van der Waals surface area (Å²) in [4.78, 5) is 0. The van der Waals surface area contributed by atoms with Gasteiger partial charge in [0.1, 0.15) is 0 Å². The normalized spacial score (nSPS) is 11.3. The van der Waals surface area contributed by atoms with Gasteiger partial charge in [-0.3, -0.25) is 0 Å². The average Bonchev–Trinajstić information content (AvgIpc) is 2.13. The maximum atomic E-state index is 5.55. The Morgan fingerprint density at radius 2 is 1.17 bits per heavy atom. The SMILES string of the molecule is CC(C)(C)c1cccc(C(C)(C)C)c1[O][Al+2].[Cl-].[Cl-]. The van der Waals surface area contributed by atoms with Crippen molar-refractivity contribution in [2.45, 2.75) is 52.4 Å². The van der Waals surface area contributed by atoms with Gasteiger partial charge in [-0.25, -0.2) is 0 Å². The summed E-state index contributed by atoms with van der Waals surface area (Å²) < 4.78 is 5.55. The Morgan fingerprint density at radius 3 is 1.39 bits per heavy atom. The molecule has 4 heteroatoms. The van der Waals surface area contributed by atoms with Gasteiger partial charge in [0.25, 0.3) is 0 Å². The first kappa shape index (κ1) is 20.5. The molecule has 100 valence electrons. The predicted molar refractivity (Wildman–Crippen MR) is 70.2 cm³/mol. The summed E-state index contributed by atoms with van der Waals surface area (Å²) in [5, 5.41) is 0. The van der Waals surface area contributed by atoms with E-state index >= 15 is 0 Å². The minimum atomic E-state index is 0. The van der Waals surface area contributed by atoms with Gasteiger partial charge in [0.2, 0.25) is 0 Å². The van der Waals surface area contributed by atoms with Gasteiger partial charge in [-0.15, -0.1) is 0 Å². The molecule has 0 fully saturated rings. The Kier molecular flexibility index (Phi) is 8.02. The van der Waals surface area contributed by atoms with Crippen LogP contribution in [-0.4, -0.2) is 16.6 Å². The molecule has 18 heavy (non-hydrogen) atoms. The predicted octanol–water partition coefficient (Wildman–Crippen LogP) is -2.25. The first-order valence-corrected chi connectivity index (χ1v) is 6.16. The molecule has 0 N–H and O–H groups in total. The summed E-state index contributed by atoms with van der Waals surface area (Å²) in [6.07, 6.45) is 0. The number of benzene rings is 1. The second-order valence-electron chi connectivity index (χ2n) is 6.30. The van der Waals surface area contributed by atoms with Crippen molar-refractivity contribution in [1.29, 1.82) is 0 Å². The Hall–Kier alpha value is 0.132. The molecule has 0 saturated carbocycles. The molecular weight excluding hydrogens is 282 g/mol. The third-order valence-corrected chi connectivity index (χ3v) is 2.98. The van der Waals surface area contributed by atoms with Crippen molar-refractivity contribution in [3.05, 3.63) is 29.3 Å². The van der Waals surface area contributed by atoms with Gasteiger partial charge >= 0.3 is 108 Å². The van der Waals surface area contributed by atoms with Crippen LogP contribution < -0.4 is 28.6 Å². The molecule has 0 saturated heterocycles. The minimum absolute atomic E-state index is 0. The fourth-order valence-corrected chi connectivity index (χ4v) is 2.10. The first-order chi connectivity index (χ1) is 7.18. The monoisotopic (exact) mass is 302 g/mol. The van der Waals surface area contributed by atoms with E-state index in [1.807, 2.05) is 0 Å². The van der Waals surface area contributed by atoms with E-state index in [4.69, 9.17) is 3.79 Å². The van der Waals surface area contributed by atoms with Crippen LogP contribution in [0.2, 0.25) is 0 Å². The maximum absolute atomic E-state index is 5.55. The summed E-state index contributed by atoms with van der Waals surface area (Å²) in [6, 6.07) is 6.41. The van der Waals surface area contributed by atoms with E-state index in [0.29, 0.717) is 0 Å². The zero-order chi connectivity index (χ0) is 12.6. The number of halogens is 2. The Balaban J connectivity index is 0. The van der Waals surface area contributed by atoms with Crippen molar-refractivity contribution in [2.75, 3.05) is 0 Å². The van der Waals surface area contributed by atoms with E-state index in [2.05, 4.69) is 76.4 Å². The average molecular weight is 303 g/mol. The van der Waals surface area contributed by atoms with Crippen LogP contribution in [0.15, 0.2) is 18.2 Å². The maximum Gasteiger partial charge on any atom is -1.00 e. The molecule has 1 rings (SSSR count). The van der Waals surface area contributed by atoms with Crippen molar-refractivity contribution in [3.8, 4) is 5.75 Å². The van der Waals surface area contributed by atoms with Crippen LogP contribution in [0, 0.1) is 0 Å². The van der Waals surface area contributed by atoms with E-state index in [1.165, 1.54) is 11.1 Å². The van der Waals surface area contributed by atoms with Crippen LogP contribution in [0.4, 0.5) is 0 Å². The van der Waals surface area contributed by atoms with Gasteiger partial charge in [0.05, 0.1) is 0 Å². The van der Waals surface area contributed by atoms with E-state index in [0.717, 1.165) is 5.75 Å². The molecule has 0 unspecified atom stereocenters. The Labute approximate surface area is 132 Å². The van der Waals surface area contributed by atoms with Crippen LogP contribution in [-0.2, 0) is 10.8 Å². The summed E-state index contributed by atoms with van der Waals surface area (Å²) in [5.74, 6) is 1.01. The van der Waals surface area contributed by atoms with Crippen molar-refractivity contribution < 1.29 is 28.6 Å². The Morgan fingerprint density at radius 1 is 0.833 bits per heavy atom. The van der Waals surface area contributed by atoms with E-state index in [1.54, 1.807) is 0 Å². The molecule has 1 aromatic carbocycles. The van der Waals surface area contributed by atoms with Crippen molar-refractivity contribution >= 4 is 16.6 Å². The summed E-state index contributed by atoms with van der Waals surface area (Å²) in [5.41, 5.74) is 2.73. The van der Waals surface area contributed by atoms with E-state index in [-0.39, 0.29) is 35.6 Å². The third kappa shape index (κ3) is 4.67. The Bertz CT molecular complexity index is 346. The van der Waals surface area contributed by atoms with Crippen LogP contribution in [0.3, 0.4) is 0 Å². The van der Waals surface area contributed by atoms with Gasteiger partial charge in [-0.1, -0.05) is 0 Å². The fourth-order valence-electron chi connectivity index (χ4n) is 1.85. The molecular formula is C14H21AlCl2O. The largest absolute Gasteiger partial charge is 1.00 e. The number of rotatable bonds is 1. The van der Waals surface area contributed by atoms with Crippen molar-refractivity contribution in [3.63, 3.8) is 0 Å². The van der Waals surface area contributed by atoms with Crippen LogP contribution in [0.25, 0.3) is 0 Å². The second-order valence-corrected chi connectivity index (χ2v) is 6.54. The molecule has 0 aliphatic heterocycles.